The van der Waals surface area contributed by atoms with Gasteiger partial charge in [-0.25, -0.2) is 5.43 Å². The summed E-state index contributed by atoms with van der Waals surface area (Å²) in [7, 11) is 0. The summed E-state index contributed by atoms with van der Waals surface area (Å²) in [6.45, 7) is 1.94. The topological polar surface area (TPSA) is 57.2 Å². The van der Waals surface area contributed by atoms with Crippen LogP contribution < -0.4 is 5.43 Å². The molecule has 86 valence electrons. The quantitative estimate of drug-likeness (QED) is 0.612. The first kappa shape index (κ1) is 11.1. The molecule has 1 amide bonds. The molecule has 0 radical (unpaired) electrons. The molecule has 1 heterocycles. The van der Waals surface area contributed by atoms with E-state index in [9.17, 15) is 4.79 Å². The highest BCUT2D eigenvalue weighted by Crippen LogP contribution is 2.03. The van der Waals surface area contributed by atoms with Crippen LogP contribution in [0.2, 0.25) is 0 Å². The lowest BCUT2D eigenvalue weighted by atomic mass is 10.1. The van der Waals surface area contributed by atoms with Crippen molar-refractivity contribution in [3.63, 3.8) is 0 Å². The number of nitrogens with zero attached hydrogens (tertiary/aromatic N) is 1. The second kappa shape index (κ2) is 5.12. The molecule has 1 aromatic heterocycles. The number of nitrogens with one attached hydrogen (secondary N) is 2. The Morgan fingerprint density at radius 3 is 2.94 bits per heavy atom. The van der Waals surface area contributed by atoms with E-state index in [1.165, 1.54) is 0 Å². The number of carbonyl (C=O) groups excluding carboxylic acids is 1. The Morgan fingerprint density at radius 1 is 1.35 bits per heavy atom. The fourth-order valence-corrected chi connectivity index (χ4v) is 1.44. The molecule has 2 rings (SSSR count). The second-order valence-electron chi connectivity index (χ2n) is 3.69. The summed E-state index contributed by atoms with van der Waals surface area (Å²) < 4.78 is 0. The zero-order valence-corrected chi connectivity index (χ0v) is 9.47. The minimum Gasteiger partial charge on any atom is -0.360 e. The number of aryl methyl sites for hydroxylation is 1. The van der Waals surface area contributed by atoms with Gasteiger partial charge in [0, 0.05) is 11.8 Å². The van der Waals surface area contributed by atoms with Crippen molar-refractivity contribution < 1.29 is 4.79 Å². The summed E-state index contributed by atoms with van der Waals surface area (Å²) in [6.07, 6.45) is 3.36. The van der Waals surface area contributed by atoms with E-state index >= 15 is 0 Å². The molecule has 0 aliphatic rings. The molecular weight excluding hydrogens is 214 g/mol. The number of H-pyrrole nitrogens is 1. The van der Waals surface area contributed by atoms with E-state index in [-0.39, 0.29) is 5.91 Å². The molecule has 0 spiro atoms. The van der Waals surface area contributed by atoms with E-state index in [0.29, 0.717) is 5.56 Å². The van der Waals surface area contributed by atoms with Gasteiger partial charge in [0.2, 0.25) is 0 Å². The standard InChI is InChI=1S/C13H13N3O/c1-10-4-2-5-11(8-10)13(17)16-15-9-12-6-3-7-14-12/h2-9,14H,1H3,(H,16,17)/b15-9-. The molecule has 0 bridgehead atoms. The Kier molecular flexibility index (Phi) is 3.35. The van der Waals surface area contributed by atoms with Gasteiger partial charge in [0.05, 0.1) is 11.9 Å². The molecule has 0 unspecified atom stereocenters. The molecule has 0 aliphatic heterocycles. The first-order chi connectivity index (χ1) is 8.25. The van der Waals surface area contributed by atoms with Gasteiger partial charge in [-0.1, -0.05) is 17.7 Å². The summed E-state index contributed by atoms with van der Waals surface area (Å²) in [5.74, 6) is -0.212. The van der Waals surface area contributed by atoms with Gasteiger partial charge in [-0.15, -0.1) is 0 Å². The highest BCUT2D eigenvalue weighted by Gasteiger charge is 2.02. The Hall–Kier alpha value is -2.36. The van der Waals surface area contributed by atoms with Crippen LogP contribution in [0.4, 0.5) is 0 Å². The van der Waals surface area contributed by atoms with Crippen LogP contribution in [0.25, 0.3) is 0 Å². The van der Waals surface area contributed by atoms with Crippen molar-refractivity contribution in [2.24, 2.45) is 5.10 Å². The minimum atomic E-state index is -0.212. The van der Waals surface area contributed by atoms with E-state index in [0.717, 1.165) is 11.3 Å². The predicted octanol–water partition coefficient (Wildman–Crippen LogP) is 2.09. The summed E-state index contributed by atoms with van der Waals surface area (Å²) in [5, 5.41) is 3.86. The number of amides is 1. The smallest absolute Gasteiger partial charge is 0.271 e. The molecule has 0 aliphatic carbocycles. The van der Waals surface area contributed by atoms with Crippen LogP contribution in [0.15, 0.2) is 47.7 Å². The van der Waals surface area contributed by atoms with Crippen molar-refractivity contribution in [1.82, 2.24) is 10.4 Å². The molecule has 0 saturated heterocycles. The molecule has 4 heteroatoms. The fraction of sp³-hybridized carbons (Fsp3) is 0.0769. The van der Waals surface area contributed by atoms with Crippen LogP contribution in [0.1, 0.15) is 21.6 Å². The fourth-order valence-electron chi connectivity index (χ4n) is 1.44. The minimum absolute atomic E-state index is 0.212. The van der Waals surface area contributed by atoms with Crippen LogP contribution in [0.3, 0.4) is 0 Å². The highest BCUT2D eigenvalue weighted by atomic mass is 16.2. The Labute approximate surface area is 99.4 Å². The summed E-state index contributed by atoms with van der Waals surface area (Å²) in [4.78, 5) is 14.6. The number of benzene rings is 1. The Morgan fingerprint density at radius 2 is 2.24 bits per heavy atom. The van der Waals surface area contributed by atoms with E-state index in [1.54, 1.807) is 18.5 Å². The van der Waals surface area contributed by atoms with Crippen LogP contribution in [-0.2, 0) is 0 Å². The van der Waals surface area contributed by atoms with Gasteiger partial charge in [-0.3, -0.25) is 4.79 Å². The lowest BCUT2D eigenvalue weighted by Gasteiger charge is -2.00. The maximum absolute atomic E-state index is 11.7. The average Bonchev–Trinajstić information content (AvgIpc) is 2.82. The lowest BCUT2D eigenvalue weighted by Crippen LogP contribution is -2.17. The van der Waals surface area contributed by atoms with Gasteiger partial charge in [0.15, 0.2) is 0 Å². The molecule has 1 aromatic carbocycles. The Balaban J connectivity index is 1.98. The van der Waals surface area contributed by atoms with Gasteiger partial charge in [-0.2, -0.15) is 5.10 Å². The zero-order chi connectivity index (χ0) is 12.1. The molecule has 2 N–H and O–H groups in total. The third-order valence-electron chi connectivity index (χ3n) is 2.27. The van der Waals surface area contributed by atoms with Crippen molar-refractivity contribution in [1.29, 1.82) is 0 Å². The van der Waals surface area contributed by atoms with Gasteiger partial charge >= 0.3 is 0 Å². The van der Waals surface area contributed by atoms with Crippen LogP contribution >= 0.6 is 0 Å². The van der Waals surface area contributed by atoms with Crippen molar-refractivity contribution >= 4 is 12.1 Å². The number of hydrogen-bond donors (Lipinski definition) is 2. The number of aromatic amines is 1. The first-order valence-corrected chi connectivity index (χ1v) is 5.29. The molecule has 0 fully saturated rings. The van der Waals surface area contributed by atoms with E-state index in [1.807, 2.05) is 37.3 Å². The van der Waals surface area contributed by atoms with Gasteiger partial charge in [0.1, 0.15) is 0 Å². The van der Waals surface area contributed by atoms with E-state index in [4.69, 9.17) is 0 Å². The number of aromatic nitrogens is 1. The number of rotatable bonds is 3. The number of hydrazone groups is 1. The number of carbonyl (C=O) groups is 1. The second-order valence-corrected chi connectivity index (χ2v) is 3.69. The van der Waals surface area contributed by atoms with Gasteiger partial charge in [0.25, 0.3) is 5.91 Å². The van der Waals surface area contributed by atoms with Crippen molar-refractivity contribution in [3.8, 4) is 0 Å². The SMILES string of the molecule is Cc1cccc(C(=O)N/N=C\c2ccc[nH]2)c1. The maximum Gasteiger partial charge on any atom is 0.271 e. The number of hydrogen-bond acceptors (Lipinski definition) is 2. The molecule has 4 nitrogen and oxygen atoms in total. The average molecular weight is 227 g/mol. The van der Waals surface area contributed by atoms with Crippen molar-refractivity contribution in [2.75, 3.05) is 0 Å². The maximum atomic E-state index is 11.7. The highest BCUT2D eigenvalue weighted by molar-refractivity contribution is 5.94. The molecule has 2 aromatic rings. The lowest BCUT2D eigenvalue weighted by molar-refractivity contribution is 0.0955. The summed E-state index contributed by atoms with van der Waals surface area (Å²) >= 11 is 0. The zero-order valence-electron chi connectivity index (χ0n) is 9.47. The monoisotopic (exact) mass is 227 g/mol. The predicted molar refractivity (Wildman–Crippen MR) is 67.0 cm³/mol. The van der Waals surface area contributed by atoms with Crippen molar-refractivity contribution in [2.45, 2.75) is 6.92 Å². The largest absolute Gasteiger partial charge is 0.360 e. The molecular formula is C13H13N3O. The van der Waals surface area contributed by atoms with E-state index in [2.05, 4.69) is 15.5 Å². The third-order valence-corrected chi connectivity index (χ3v) is 2.27. The molecule has 0 atom stereocenters. The molecule has 17 heavy (non-hydrogen) atoms. The summed E-state index contributed by atoms with van der Waals surface area (Å²) in [6, 6.07) is 11.1. The van der Waals surface area contributed by atoms with Crippen molar-refractivity contribution in [3.05, 3.63) is 59.4 Å². The molecule has 0 saturated carbocycles. The normalized spacial score (nSPS) is 10.6. The van der Waals surface area contributed by atoms with Gasteiger partial charge in [-0.05, 0) is 31.2 Å². The first-order valence-electron chi connectivity index (χ1n) is 5.29. The van der Waals surface area contributed by atoms with Crippen LogP contribution in [0, 0.1) is 6.92 Å². The van der Waals surface area contributed by atoms with Crippen LogP contribution in [-0.4, -0.2) is 17.1 Å². The van der Waals surface area contributed by atoms with E-state index < -0.39 is 0 Å². The third kappa shape index (κ3) is 3.04. The Bertz CT molecular complexity index is 529. The van der Waals surface area contributed by atoms with Crippen LogP contribution in [0.5, 0.6) is 0 Å². The van der Waals surface area contributed by atoms with Gasteiger partial charge < -0.3 is 4.98 Å². The summed E-state index contributed by atoms with van der Waals surface area (Å²) in [5.41, 5.74) is 4.97.